The van der Waals surface area contributed by atoms with Crippen molar-refractivity contribution in [1.82, 2.24) is 5.32 Å². The summed E-state index contributed by atoms with van der Waals surface area (Å²) in [6, 6.07) is 6.24. The van der Waals surface area contributed by atoms with E-state index in [1.54, 1.807) is 31.2 Å². The van der Waals surface area contributed by atoms with Gasteiger partial charge in [-0.3, -0.25) is 4.79 Å². The number of hydrogen-bond acceptors (Lipinski definition) is 5. The molecule has 1 fully saturated rings. The van der Waals surface area contributed by atoms with E-state index in [9.17, 15) is 9.59 Å². The summed E-state index contributed by atoms with van der Waals surface area (Å²) in [4.78, 5) is 24.3. The van der Waals surface area contributed by atoms with Crippen molar-refractivity contribution >= 4 is 27.8 Å². The van der Waals surface area contributed by atoms with Crippen molar-refractivity contribution in [2.45, 2.75) is 38.0 Å². The largest absolute Gasteiger partial charge is 0.467 e. The fourth-order valence-corrected chi connectivity index (χ4v) is 2.68. The molecule has 1 aliphatic heterocycles. The van der Waals surface area contributed by atoms with Crippen LogP contribution in [0.3, 0.4) is 0 Å². The van der Waals surface area contributed by atoms with Gasteiger partial charge in [0.1, 0.15) is 6.10 Å². The average Bonchev–Trinajstić information content (AvgIpc) is 3.11. The molecule has 1 aromatic carbocycles. The number of methoxy groups -OCH3 is 1. The molecule has 0 radical (unpaired) electrons. The Kier molecular flexibility index (Phi) is 7.20. The Morgan fingerprint density at radius 3 is 2.67 bits per heavy atom. The van der Waals surface area contributed by atoms with Crippen LogP contribution in [0, 0.1) is 0 Å². The van der Waals surface area contributed by atoms with Crippen LogP contribution in [0.2, 0.25) is 0 Å². The Hall–Kier alpha value is -1.44. The van der Waals surface area contributed by atoms with Crippen LogP contribution >= 0.6 is 15.9 Å². The number of amides is 1. The first kappa shape index (κ1) is 18.9. The number of ether oxygens (including phenoxy) is 3. The van der Waals surface area contributed by atoms with E-state index in [1.807, 2.05) is 0 Å². The Balaban J connectivity index is 1.95. The van der Waals surface area contributed by atoms with Gasteiger partial charge >= 0.3 is 5.97 Å². The first-order chi connectivity index (χ1) is 11.5. The molecule has 3 atom stereocenters. The van der Waals surface area contributed by atoms with Gasteiger partial charge in [0.25, 0.3) is 0 Å². The molecule has 1 aromatic rings. The molecule has 2 rings (SSSR count). The van der Waals surface area contributed by atoms with E-state index >= 15 is 0 Å². The maximum absolute atomic E-state index is 12.3. The lowest BCUT2D eigenvalue weighted by molar-refractivity contribution is -0.147. The molecular formula is C17H22BrNO5. The number of carbonyl (C=O) groups is 2. The van der Waals surface area contributed by atoms with Gasteiger partial charge in [0.2, 0.25) is 5.91 Å². The Labute approximate surface area is 150 Å². The molecule has 0 saturated carbocycles. The number of esters is 1. The number of halogens is 1. The third-order valence-electron chi connectivity index (χ3n) is 3.85. The topological polar surface area (TPSA) is 73.9 Å². The summed E-state index contributed by atoms with van der Waals surface area (Å²) in [5.41, 5.74) is 0.643. The number of hydrogen-bond donors (Lipinski definition) is 1. The Morgan fingerprint density at radius 1 is 1.38 bits per heavy atom. The van der Waals surface area contributed by atoms with Crippen molar-refractivity contribution in [3.05, 3.63) is 34.3 Å². The van der Waals surface area contributed by atoms with Gasteiger partial charge in [-0.15, -0.1) is 0 Å². The quantitative estimate of drug-likeness (QED) is 0.712. The number of nitrogens with one attached hydrogen (secondary N) is 1. The number of carbonyl (C=O) groups excluding carboxylic acids is 2. The predicted molar refractivity (Wildman–Crippen MR) is 91.4 cm³/mol. The molecule has 0 spiro atoms. The Morgan fingerprint density at radius 2 is 2.08 bits per heavy atom. The van der Waals surface area contributed by atoms with Gasteiger partial charge in [0.05, 0.1) is 19.8 Å². The summed E-state index contributed by atoms with van der Waals surface area (Å²) in [5.74, 6) is -0.900. The van der Waals surface area contributed by atoms with Crippen LogP contribution < -0.4 is 5.32 Å². The molecule has 7 heteroatoms. The van der Waals surface area contributed by atoms with Crippen LogP contribution in [-0.4, -0.2) is 44.4 Å². The highest BCUT2D eigenvalue weighted by atomic mass is 79.9. The third kappa shape index (κ3) is 5.29. The molecule has 1 heterocycles. The molecule has 24 heavy (non-hydrogen) atoms. The molecule has 1 amide bonds. The van der Waals surface area contributed by atoms with E-state index in [4.69, 9.17) is 14.2 Å². The lowest BCUT2D eigenvalue weighted by atomic mass is 10.1. The number of benzene rings is 1. The summed E-state index contributed by atoms with van der Waals surface area (Å²) < 4.78 is 16.7. The molecule has 1 N–H and O–H groups in total. The summed E-state index contributed by atoms with van der Waals surface area (Å²) in [6.45, 7) is 2.76. The van der Waals surface area contributed by atoms with E-state index in [1.165, 1.54) is 7.11 Å². The first-order valence-electron chi connectivity index (χ1n) is 7.88. The minimum absolute atomic E-state index is 0.0446. The fourth-order valence-electron chi connectivity index (χ4n) is 2.41. The van der Waals surface area contributed by atoms with Gasteiger partial charge < -0.3 is 19.5 Å². The van der Waals surface area contributed by atoms with Crippen LogP contribution in [-0.2, 0) is 23.8 Å². The molecule has 0 aromatic heterocycles. The minimum atomic E-state index is -0.871. The molecule has 1 saturated heterocycles. The highest BCUT2D eigenvalue weighted by Gasteiger charge is 2.27. The molecule has 3 unspecified atom stereocenters. The van der Waals surface area contributed by atoms with E-state index in [-0.39, 0.29) is 12.0 Å². The summed E-state index contributed by atoms with van der Waals surface area (Å²) in [5, 5.41) is 2.68. The standard InChI is InChI=1S/C17H22BrNO5/c1-11(24-10-14-4-3-9-23-14)16(20)19-15(17(21)22-2)12-5-7-13(18)8-6-12/h5-8,11,14-15H,3-4,9-10H2,1-2H3,(H,19,20). The number of rotatable bonds is 7. The summed E-state index contributed by atoms with van der Waals surface area (Å²) in [6.07, 6.45) is 1.32. The summed E-state index contributed by atoms with van der Waals surface area (Å²) in [7, 11) is 1.29. The summed E-state index contributed by atoms with van der Waals surface area (Å²) >= 11 is 3.34. The maximum atomic E-state index is 12.3. The second-order valence-corrected chi connectivity index (χ2v) is 6.54. The smallest absolute Gasteiger partial charge is 0.333 e. The van der Waals surface area contributed by atoms with Gasteiger partial charge in [0.15, 0.2) is 6.04 Å². The van der Waals surface area contributed by atoms with Crippen molar-refractivity contribution in [3.63, 3.8) is 0 Å². The van der Waals surface area contributed by atoms with Crippen LogP contribution in [0.4, 0.5) is 0 Å². The Bertz CT molecular complexity index is 557. The fraction of sp³-hybridized carbons (Fsp3) is 0.529. The molecule has 1 aliphatic rings. The second kappa shape index (κ2) is 9.15. The van der Waals surface area contributed by atoms with Crippen LogP contribution in [0.25, 0.3) is 0 Å². The normalized spacial score (nSPS) is 19.5. The molecule has 0 aliphatic carbocycles. The zero-order valence-corrected chi connectivity index (χ0v) is 15.4. The first-order valence-corrected chi connectivity index (χ1v) is 8.67. The van der Waals surface area contributed by atoms with Crippen molar-refractivity contribution in [2.24, 2.45) is 0 Å². The van der Waals surface area contributed by atoms with Crippen LogP contribution in [0.1, 0.15) is 31.4 Å². The van der Waals surface area contributed by atoms with Gasteiger partial charge in [-0.05, 0) is 37.5 Å². The van der Waals surface area contributed by atoms with E-state index in [2.05, 4.69) is 21.2 Å². The maximum Gasteiger partial charge on any atom is 0.333 e. The predicted octanol–water partition coefficient (Wildman–Crippen LogP) is 2.36. The molecule has 132 valence electrons. The van der Waals surface area contributed by atoms with Gasteiger partial charge in [-0.1, -0.05) is 28.1 Å². The van der Waals surface area contributed by atoms with E-state index in [0.717, 1.165) is 23.9 Å². The van der Waals surface area contributed by atoms with Crippen molar-refractivity contribution in [3.8, 4) is 0 Å². The van der Waals surface area contributed by atoms with Crippen LogP contribution in [0.5, 0.6) is 0 Å². The monoisotopic (exact) mass is 399 g/mol. The van der Waals surface area contributed by atoms with Gasteiger partial charge in [-0.25, -0.2) is 4.79 Å². The zero-order chi connectivity index (χ0) is 17.5. The SMILES string of the molecule is COC(=O)C(NC(=O)C(C)OCC1CCCO1)c1ccc(Br)cc1. The highest BCUT2D eigenvalue weighted by Crippen LogP contribution is 2.19. The lowest BCUT2D eigenvalue weighted by Gasteiger charge is -2.21. The van der Waals surface area contributed by atoms with Crippen molar-refractivity contribution < 1.29 is 23.8 Å². The second-order valence-electron chi connectivity index (χ2n) is 5.63. The average molecular weight is 400 g/mol. The van der Waals surface area contributed by atoms with E-state index < -0.39 is 18.1 Å². The highest BCUT2D eigenvalue weighted by molar-refractivity contribution is 9.10. The van der Waals surface area contributed by atoms with Gasteiger partial charge in [0, 0.05) is 11.1 Å². The minimum Gasteiger partial charge on any atom is -0.467 e. The molecule has 6 nitrogen and oxygen atoms in total. The van der Waals surface area contributed by atoms with Crippen molar-refractivity contribution in [2.75, 3.05) is 20.3 Å². The zero-order valence-electron chi connectivity index (χ0n) is 13.8. The van der Waals surface area contributed by atoms with Crippen LogP contribution in [0.15, 0.2) is 28.7 Å². The molecule has 0 bridgehead atoms. The third-order valence-corrected chi connectivity index (χ3v) is 4.38. The van der Waals surface area contributed by atoms with E-state index in [0.29, 0.717) is 12.2 Å². The van der Waals surface area contributed by atoms with Crippen molar-refractivity contribution in [1.29, 1.82) is 0 Å². The lowest BCUT2D eigenvalue weighted by Crippen LogP contribution is -2.41. The molecular weight excluding hydrogens is 378 g/mol. The van der Waals surface area contributed by atoms with Gasteiger partial charge in [-0.2, -0.15) is 0 Å².